The van der Waals surface area contributed by atoms with E-state index in [4.69, 9.17) is 4.98 Å². The maximum Gasteiger partial charge on any atom is 0.324 e. The molecule has 2 fully saturated rings. The quantitative estimate of drug-likeness (QED) is 0.530. The molecule has 0 radical (unpaired) electrons. The van der Waals surface area contributed by atoms with E-state index in [9.17, 15) is 4.79 Å². The number of nitrogens with zero attached hydrogens (tertiary/aromatic N) is 3. The average Bonchev–Trinajstić information content (AvgIpc) is 3.42. The number of aromatic nitrogens is 3. The first-order valence-corrected chi connectivity index (χ1v) is 12.7. The van der Waals surface area contributed by atoms with Crippen LogP contribution in [0.2, 0.25) is 0 Å². The maximum absolute atomic E-state index is 13.3. The van der Waals surface area contributed by atoms with E-state index in [1.165, 1.54) is 49.9 Å². The molecule has 0 saturated heterocycles. The number of amides is 2. The van der Waals surface area contributed by atoms with Gasteiger partial charge in [-0.05, 0) is 32.6 Å². The van der Waals surface area contributed by atoms with Crippen molar-refractivity contribution in [2.45, 2.75) is 93.6 Å². The van der Waals surface area contributed by atoms with Gasteiger partial charge in [0, 0.05) is 29.9 Å². The highest BCUT2D eigenvalue weighted by Gasteiger charge is 2.33. The number of carbonyl (C=O) groups is 1. The van der Waals surface area contributed by atoms with Gasteiger partial charge in [0.1, 0.15) is 0 Å². The summed E-state index contributed by atoms with van der Waals surface area (Å²) in [5, 5.41) is 6.94. The van der Waals surface area contributed by atoms with Crippen molar-refractivity contribution < 1.29 is 4.79 Å². The van der Waals surface area contributed by atoms with Gasteiger partial charge in [-0.1, -0.05) is 50.3 Å². The third-order valence-corrected chi connectivity index (χ3v) is 7.90. The third kappa shape index (κ3) is 5.34. The number of thioether (sulfide) groups is 1. The van der Waals surface area contributed by atoms with Gasteiger partial charge in [-0.25, -0.2) is 14.8 Å². The highest BCUT2D eigenvalue weighted by Crippen LogP contribution is 2.35. The normalized spacial score (nSPS) is 19.8. The molecular formula is C21H31N5OS2. The predicted molar refractivity (Wildman–Crippen MR) is 120 cm³/mol. The van der Waals surface area contributed by atoms with E-state index in [0.717, 1.165) is 36.5 Å². The molecule has 2 aromatic heterocycles. The number of carbonyl (C=O) groups excluding carboxylic acids is 1. The van der Waals surface area contributed by atoms with Crippen LogP contribution < -0.4 is 5.32 Å². The molecule has 0 aromatic carbocycles. The van der Waals surface area contributed by atoms with Crippen LogP contribution in [0.15, 0.2) is 22.9 Å². The minimum Gasteiger partial charge on any atom is -0.340 e. The average molecular weight is 434 g/mol. The van der Waals surface area contributed by atoms with Crippen molar-refractivity contribution in [2.75, 3.05) is 5.32 Å². The Morgan fingerprint density at radius 3 is 2.41 bits per heavy atom. The Balaban J connectivity index is 1.42. The number of hydrogen-bond donors (Lipinski definition) is 2. The lowest BCUT2D eigenvalue weighted by Gasteiger charge is -2.41. The van der Waals surface area contributed by atoms with E-state index in [0.29, 0.717) is 17.2 Å². The minimum atomic E-state index is 0.0519. The van der Waals surface area contributed by atoms with Crippen LogP contribution in [0.25, 0.3) is 0 Å². The van der Waals surface area contributed by atoms with Crippen molar-refractivity contribution in [3.05, 3.63) is 23.5 Å². The summed E-state index contributed by atoms with van der Waals surface area (Å²) in [5.74, 6) is 0. The van der Waals surface area contributed by atoms with Gasteiger partial charge in [0.25, 0.3) is 0 Å². The van der Waals surface area contributed by atoms with E-state index >= 15 is 0 Å². The smallest absolute Gasteiger partial charge is 0.324 e. The molecule has 6 nitrogen and oxygen atoms in total. The van der Waals surface area contributed by atoms with Crippen LogP contribution in [0.4, 0.5) is 9.93 Å². The van der Waals surface area contributed by atoms with Crippen molar-refractivity contribution in [1.29, 1.82) is 0 Å². The Morgan fingerprint density at radius 1 is 1.17 bits per heavy atom. The standard InChI is InChI=1S/C21H31N5OS2/c1-15(29-19-22-12-13-23-19)18-14-28-20(24-18)25-21(27)26(16-8-4-2-5-9-16)17-10-6-3-7-11-17/h12-17H,2-11H2,1H3,(H,22,23)(H,24,25,27). The van der Waals surface area contributed by atoms with Crippen LogP contribution in [0.1, 0.15) is 82.1 Å². The fraction of sp³-hybridized carbons (Fsp3) is 0.667. The molecule has 8 heteroatoms. The molecule has 2 aliphatic carbocycles. The molecule has 2 N–H and O–H groups in total. The zero-order valence-corrected chi connectivity index (χ0v) is 18.7. The predicted octanol–water partition coefficient (Wildman–Crippen LogP) is 6.22. The number of rotatable bonds is 6. The Labute approximate surface area is 181 Å². The first kappa shape index (κ1) is 20.7. The van der Waals surface area contributed by atoms with Gasteiger partial charge in [-0.3, -0.25) is 5.32 Å². The number of thiazole rings is 1. The fourth-order valence-electron chi connectivity index (χ4n) is 4.58. The van der Waals surface area contributed by atoms with E-state index < -0.39 is 0 Å². The van der Waals surface area contributed by atoms with Gasteiger partial charge in [0.15, 0.2) is 10.3 Å². The summed E-state index contributed by atoms with van der Waals surface area (Å²) in [6, 6.07) is 0.829. The number of H-pyrrole nitrogens is 1. The lowest BCUT2D eigenvalue weighted by atomic mass is 9.89. The molecule has 2 aliphatic rings. The van der Waals surface area contributed by atoms with Crippen LogP contribution in [-0.4, -0.2) is 38.0 Å². The lowest BCUT2D eigenvalue weighted by Crippen LogP contribution is -2.50. The second-order valence-electron chi connectivity index (χ2n) is 8.15. The Hall–Kier alpha value is -1.54. The highest BCUT2D eigenvalue weighted by atomic mass is 32.2. The highest BCUT2D eigenvalue weighted by molar-refractivity contribution is 7.99. The van der Waals surface area contributed by atoms with Crippen LogP contribution in [0, 0.1) is 0 Å². The fourth-order valence-corrected chi connectivity index (χ4v) is 6.29. The molecule has 0 bridgehead atoms. The number of aromatic amines is 1. The zero-order chi connectivity index (χ0) is 20.1. The molecule has 0 aliphatic heterocycles. The van der Waals surface area contributed by atoms with E-state index in [2.05, 4.69) is 27.1 Å². The molecule has 2 aromatic rings. The molecule has 1 unspecified atom stereocenters. The second-order valence-corrected chi connectivity index (χ2v) is 10.3. The largest absolute Gasteiger partial charge is 0.340 e. The summed E-state index contributed by atoms with van der Waals surface area (Å²) in [6.45, 7) is 2.12. The van der Waals surface area contributed by atoms with E-state index in [1.807, 2.05) is 11.6 Å². The van der Waals surface area contributed by atoms with Gasteiger partial charge < -0.3 is 9.88 Å². The second kappa shape index (κ2) is 9.98. The van der Waals surface area contributed by atoms with Crippen molar-refractivity contribution in [3.63, 3.8) is 0 Å². The molecule has 2 saturated carbocycles. The summed E-state index contributed by atoms with van der Waals surface area (Å²) < 4.78 is 0. The molecule has 29 heavy (non-hydrogen) atoms. The zero-order valence-electron chi connectivity index (χ0n) is 17.1. The van der Waals surface area contributed by atoms with Crippen LogP contribution in [-0.2, 0) is 0 Å². The van der Waals surface area contributed by atoms with E-state index in [1.54, 1.807) is 18.0 Å². The number of nitrogens with one attached hydrogen (secondary N) is 2. The minimum absolute atomic E-state index is 0.0519. The molecular weight excluding hydrogens is 402 g/mol. The Kier molecular flexibility index (Phi) is 7.13. The summed E-state index contributed by atoms with van der Waals surface area (Å²) in [5.41, 5.74) is 0.980. The number of anilines is 1. The van der Waals surface area contributed by atoms with Crippen molar-refractivity contribution >= 4 is 34.3 Å². The number of urea groups is 1. The Morgan fingerprint density at radius 2 is 1.83 bits per heavy atom. The van der Waals surface area contributed by atoms with Gasteiger partial charge in [-0.2, -0.15) is 0 Å². The first-order chi connectivity index (χ1) is 14.2. The van der Waals surface area contributed by atoms with Gasteiger partial charge in [0.05, 0.1) is 10.9 Å². The SMILES string of the molecule is CC(Sc1ncc[nH]1)c1csc(NC(=O)N(C2CCCCC2)C2CCCCC2)n1. The molecule has 0 spiro atoms. The van der Waals surface area contributed by atoms with Gasteiger partial charge >= 0.3 is 6.03 Å². The third-order valence-electron chi connectivity index (χ3n) is 6.08. The van der Waals surface area contributed by atoms with Gasteiger partial charge in [0.2, 0.25) is 0 Å². The maximum atomic E-state index is 13.3. The van der Waals surface area contributed by atoms with E-state index in [-0.39, 0.29) is 11.3 Å². The monoisotopic (exact) mass is 433 g/mol. The Bertz CT molecular complexity index is 748. The van der Waals surface area contributed by atoms with Gasteiger partial charge in [-0.15, -0.1) is 11.3 Å². The molecule has 2 amide bonds. The summed E-state index contributed by atoms with van der Waals surface area (Å²) >= 11 is 3.16. The lowest BCUT2D eigenvalue weighted by molar-refractivity contribution is 0.114. The topological polar surface area (TPSA) is 73.9 Å². The van der Waals surface area contributed by atoms with Crippen LogP contribution in [0.5, 0.6) is 0 Å². The summed E-state index contributed by atoms with van der Waals surface area (Å²) in [6.07, 6.45) is 15.7. The number of hydrogen-bond acceptors (Lipinski definition) is 5. The molecule has 4 rings (SSSR count). The van der Waals surface area contributed by atoms with Crippen LogP contribution >= 0.6 is 23.1 Å². The van der Waals surface area contributed by atoms with Crippen molar-refractivity contribution in [3.8, 4) is 0 Å². The molecule has 2 heterocycles. The summed E-state index contributed by atoms with van der Waals surface area (Å²) in [7, 11) is 0. The van der Waals surface area contributed by atoms with Crippen LogP contribution in [0.3, 0.4) is 0 Å². The summed E-state index contributed by atoms with van der Waals surface area (Å²) in [4.78, 5) is 27.6. The number of imidazole rings is 1. The molecule has 158 valence electrons. The van der Waals surface area contributed by atoms with Crippen molar-refractivity contribution in [2.24, 2.45) is 0 Å². The first-order valence-electron chi connectivity index (χ1n) is 10.9. The van der Waals surface area contributed by atoms with Crippen molar-refractivity contribution in [1.82, 2.24) is 19.9 Å². The molecule has 1 atom stereocenters.